The van der Waals surface area contributed by atoms with Crippen LogP contribution < -0.4 is 5.32 Å². The van der Waals surface area contributed by atoms with Crippen LogP contribution in [0.2, 0.25) is 0 Å². The number of nitrogens with one attached hydrogen (secondary N) is 1. The fraction of sp³-hybridized carbons (Fsp3) is 0.273. The van der Waals surface area contributed by atoms with Gasteiger partial charge in [0, 0.05) is 29.4 Å². The lowest BCUT2D eigenvalue weighted by atomic mass is 9.98. The average molecular weight is 572 g/mol. The molecule has 2 amide bonds. The first-order chi connectivity index (χ1) is 18.2. The predicted molar refractivity (Wildman–Crippen MR) is 159 cm³/mol. The van der Waals surface area contributed by atoms with Crippen LogP contribution in [-0.4, -0.2) is 28.3 Å². The summed E-state index contributed by atoms with van der Waals surface area (Å²) in [5, 5.41) is 5.45. The average Bonchev–Trinajstić information content (AvgIpc) is 2.90. The van der Waals surface area contributed by atoms with E-state index in [2.05, 4.69) is 45.5 Å². The Kier molecular flexibility index (Phi) is 9.01. The largest absolute Gasteiger partial charge is 0.350 e. The van der Waals surface area contributed by atoms with Crippen LogP contribution in [0.15, 0.2) is 102 Å². The molecule has 0 aliphatic carbocycles. The highest BCUT2D eigenvalue weighted by Gasteiger charge is 2.32. The Morgan fingerprint density at radius 2 is 1.47 bits per heavy atom. The summed E-state index contributed by atoms with van der Waals surface area (Å²) in [6.07, 6.45) is 1.37. The topological polar surface area (TPSA) is 49.4 Å². The minimum Gasteiger partial charge on any atom is -0.350 e. The number of hydrogen-bond donors (Lipinski definition) is 1. The highest BCUT2D eigenvalue weighted by Crippen LogP contribution is 2.22. The van der Waals surface area contributed by atoms with Crippen molar-refractivity contribution in [2.24, 2.45) is 0 Å². The summed E-state index contributed by atoms with van der Waals surface area (Å²) in [7, 11) is 0. The van der Waals surface area contributed by atoms with Gasteiger partial charge in [-0.25, -0.2) is 0 Å². The van der Waals surface area contributed by atoms with Crippen molar-refractivity contribution in [1.29, 1.82) is 0 Å². The maximum atomic E-state index is 14.0. The summed E-state index contributed by atoms with van der Waals surface area (Å²) < 4.78 is 0.974. The Bertz CT molecular complexity index is 1370. The molecule has 4 aromatic rings. The van der Waals surface area contributed by atoms with Crippen LogP contribution in [0.5, 0.6) is 0 Å². The van der Waals surface area contributed by atoms with Gasteiger partial charge in [-0.15, -0.1) is 0 Å². The lowest BCUT2D eigenvalue weighted by Gasteiger charge is -2.34. The molecule has 38 heavy (non-hydrogen) atoms. The molecule has 0 unspecified atom stereocenters. The monoisotopic (exact) mass is 570 g/mol. The summed E-state index contributed by atoms with van der Waals surface area (Å²) in [5.41, 5.74) is 2.72. The molecule has 1 N–H and O–H groups in total. The Hall–Kier alpha value is -3.44. The molecule has 0 saturated heterocycles. The van der Waals surface area contributed by atoms with Crippen molar-refractivity contribution >= 4 is 38.5 Å². The zero-order valence-corrected chi connectivity index (χ0v) is 23.9. The van der Waals surface area contributed by atoms with Crippen molar-refractivity contribution < 1.29 is 9.59 Å². The Morgan fingerprint density at radius 3 is 2.18 bits per heavy atom. The first-order valence-corrected chi connectivity index (χ1v) is 13.9. The third kappa shape index (κ3) is 7.55. The van der Waals surface area contributed by atoms with Gasteiger partial charge in [-0.2, -0.15) is 0 Å². The zero-order valence-electron chi connectivity index (χ0n) is 22.3. The maximum absolute atomic E-state index is 14.0. The minimum atomic E-state index is -0.639. The van der Waals surface area contributed by atoms with E-state index in [1.165, 1.54) is 0 Å². The van der Waals surface area contributed by atoms with Gasteiger partial charge in [-0.05, 0) is 66.8 Å². The number of hydrogen-bond acceptors (Lipinski definition) is 2. The standard InChI is InChI=1S/C33H35BrN2O2/c1-33(2,3)35-32(38)30(22-24-10-5-4-6-11-24)36(23-25-16-19-28(34)20-17-25)31(37)21-18-27-14-9-13-26-12-7-8-15-29(26)27/h4-17,19-20,30H,18,21-23H2,1-3H3,(H,35,38)/t30-/m0/s1. The van der Waals surface area contributed by atoms with Crippen molar-refractivity contribution in [2.45, 2.75) is 58.2 Å². The number of fused-ring (bicyclic) bond motifs is 1. The van der Waals surface area contributed by atoms with E-state index in [-0.39, 0.29) is 11.8 Å². The van der Waals surface area contributed by atoms with E-state index in [1.807, 2.05) is 93.6 Å². The van der Waals surface area contributed by atoms with Gasteiger partial charge in [0.1, 0.15) is 6.04 Å². The first kappa shape index (κ1) is 27.6. The van der Waals surface area contributed by atoms with Crippen molar-refractivity contribution in [3.63, 3.8) is 0 Å². The molecular formula is C33H35BrN2O2. The van der Waals surface area contributed by atoms with Gasteiger partial charge in [0.05, 0.1) is 0 Å². The molecule has 0 aliphatic heterocycles. The normalized spacial score (nSPS) is 12.2. The van der Waals surface area contributed by atoms with Crippen molar-refractivity contribution in [1.82, 2.24) is 10.2 Å². The molecule has 196 valence electrons. The predicted octanol–water partition coefficient (Wildman–Crippen LogP) is 7.09. The van der Waals surface area contributed by atoms with Gasteiger partial charge >= 0.3 is 0 Å². The van der Waals surface area contributed by atoms with Crippen LogP contribution in [0.4, 0.5) is 0 Å². The molecule has 1 atom stereocenters. The summed E-state index contributed by atoms with van der Waals surface area (Å²) in [6.45, 7) is 6.25. The van der Waals surface area contributed by atoms with Gasteiger partial charge in [0.2, 0.25) is 11.8 Å². The first-order valence-electron chi connectivity index (χ1n) is 13.1. The van der Waals surface area contributed by atoms with Crippen LogP contribution in [0.25, 0.3) is 10.8 Å². The molecule has 0 aliphatic rings. The summed E-state index contributed by atoms with van der Waals surface area (Å²) in [6, 6.07) is 31.7. The molecule has 4 rings (SSSR count). The molecule has 5 heteroatoms. The van der Waals surface area contributed by atoms with Gasteiger partial charge in [-0.1, -0.05) is 101 Å². The Labute approximate surface area is 234 Å². The van der Waals surface area contributed by atoms with E-state index in [9.17, 15) is 9.59 Å². The molecule has 0 fully saturated rings. The fourth-order valence-corrected chi connectivity index (χ4v) is 4.95. The Balaban J connectivity index is 1.65. The summed E-state index contributed by atoms with van der Waals surface area (Å²) in [5.74, 6) is -0.178. The minimum absolute atomic E-state index is 0.0363. The lowest BCUT2D eigenvalue weighted by molar-refractivity contribution is -0.141. The fourth-order valence-electron chi connectivity index (χ4n) is 4.69. The second-order valence-electron chi connectivity index (χ2n) is 10.7. The molecule has 0 spiro atoms. The third-order valence-electron chi connectivity index (χ3n) is 6.52. The number of carbonyl (C=O) groups is 2. The van der Waals surface area contributed by atoms with Gasteiger partial charge in [-0.3, -0.25) is 9.59 Å². The number of rotatable bonds is 9. The third-order valence-corrected chi connectivity index (χ3v) is 7.05. The highest BCUT2D eigenvalue weighted by molar-refractivity contribution is 9.10. The van der Waals surface area contributed by atoms with Crippen LogP contribution in [0.3, 0.4) is 0 Å². The second-order valence-corrected chi connectivity index (χ2v) is 11.6. The molecule has 0 saturated carbocycles. The molecule has 0 bridgehead atoms. The zero-order chi connectivity index (χ0) is 27.1. The summed E-state index contributed by atoms with van der Waals surface area (Å²) >= 11 is 3.50. The number of halogens is 1. The van der Waals surface area contributed by atoms with Crippen LogP contribution >= 0.6 is 15.9 Å². The smallest absolute Gasteiger partial charge is 0.243 e. The molecule has 4 nitrogen and oxygen atoms in total. The summed E-state index contributed by atoms with van der Waals surface area (Å²) in [4.78, 5) is 29.4. The van der Waals surface area contributed by atoms with Crippen molar-refractivity contribution in [2.75, 3.05) is 0 Å². The Morgan fingerprint density at radius 1 is 0.816 bits per heavy atom. The molecular weight excluding hydrogens is 536 g/mol. The van der Waals surface area contributed by atoms with Crippen LogP contribution in [-0.2, 0) is 29.0 Å². The van der Waals surface area contributed by atoms with Gasteiger partial charge < -0.3 is 10.2 Å². The van der Waals surface area contributed by atoms with Crippen LogP contribution in [0, 0.1) is 0 Å². The maximum Gasteiger partial charge on any atom is 0.243 e. The van der Waals surface area contributed by atoms with E-state index >= 15 is 0 Å². The van der Waals surface area contributed by atoms with E-state index < -0.39 is 11.6 Å². The van der Waals surface area contributed by atoms with E-state index in [4.69, 9.17) is 0 Å². The quantitative estimate of drug-likeness (QED) is 0.233. The van der Waals surface area contributed by atoms with Crippen LogP contribution in [0.1, 0.15) is 43.9 Å². The highest BCUT2D eigenvalue weighted by atomic mass is 79.9. The van der Waals surface area contributed by atoms with E-state index in [1.54, 1.807) is 4.90 Å². The lowest BCUT2D eigenvalue weighted by Crippen LogP contribution is -2.54. The number of carbonyl (C=O) groups excluding carboxylic acids is 2. The van der Waals surface area contributed by atoms with E-state index in [0.29, 0.717) is 25.8 Å². The van der Waals surface area contributed by atoms with Crippen molar-refractivity contribution in [3.05, 3.63) is 118 Å². The second kappa shape index (κ2) is 12.4. The molecule has 0 radical (unpaired) electrons. The number of nitrogens with zero attached hydrogens (tertiary/aromatic N) is 1. The van der Waals surface area contributed by atoms with E-state index in [0.717, 1.165) is 31.9 Å². The molecule has 0 heterocycles. The SMILES string of the molecule is CC(C)(C)NC(=O)[C@H](Cc1ccccc1)N(Cc1ccc(Br)cc1)C(=O)CCc1cccc2ccccc12. The number of aryl methyl sites for hydroxylation is 1. The van der Waals surface area contributed by atoms with Crippen molar-refractivity contribution in [3.8, 4) is 0 Å². The number of amides is 2. The number of benzene rings is 4. The van der Waals surface area contributed by atoms with Gasteiger partial charge in [0.25, 0.3) is 0 Å². The molecule has 4 aromatic carbocycles. The molecule has 0 aromatic heterocycles. The van der Waals surface area contributed by atoms with Gasteiger partial charge in [0.15, 0.2) is 0 Å².